The summed E-state index contributed by atoms with van der Waals surface area (Å²) >= 11 is 0. The van der Waals surface area contributed by atoms with E-state index in [9.17, 15) is 22.8 Å². The number of fused-ring (bicyclic) bond motifs is 1. The van der Waals surface area contributed by atoms with Crippen LogP contribution in [0.4, 0.5) is 18.9 Å². The molecule has 9 nitrogen and oxygen atoms in total. The number of halogens is 3. The molecule has 41 heavy (non-hydrogen) atoms. The first kappa shape index (κ1) is 32.2. The maximum absolute atomic E-state index is 13.3. The first-order valence-corrected chi connectivity index (χ1v) is 14.3. The maximum atomic E-state index is 13.3. The Bertz CT molecular complexity index is 1240. The lowest BCUT2D eigenvalue weighted by Gasteiger charge is -2.33. The molecular formula is C29H42F3N5O4. The summed E-state index contributed by atoms with van der Waals surface area (Å²) in [7, 11) is 1.69. The number of carbonyl (C=O) groups is 2. The second kappa shape index (κ2) is 14.1. The normalized spacial score (nSPS) is 15.2. The average molecular weight is 582 g/mol. The lowest BCUT2D eigenvalue weighted by Crippen LogP contribution is -2.45. The lowest BCUT2D eigenvalue weighted by molar-refractivity contribution is -0.153. The van der Waals surface area contributed by atoms with Crippen LogP contribution >= 0.6 is 0 Å². The van der Waals surface area contributed by atoms with Crippen molar-refractivity contribution < 1.29 is 32.6 Å². The van der Waals surface area contributed by atoms with E-state index in [1.165, 1.54) is 0 Å². The van der Waals surface area contributed by atoms with E-state index in [-0.39, 0.29) is 29.5 Å². The largest absolute Gasteiger partial charge is 0.481 e. The summed E-state index contributed by atoms with van der Waals surface area (Å²) < 4.78 is 46.9. The van der Waals surface area contributed by atoms with Gasteiger partial charge in [-0.25, -0.2) is 4.98 Å². The summed E-state index contributed by atoms with van der Waals surface area (Å²) in [5, 5.41) is 15.7. The molecule has 0 saturated carbocycles. The van der Waals surface area contributed by atoms with Gasteiger partial charge in [0, 0.05) is 32.1 Å². The molecular weight excluding hydrogens is 539 g/mol. The van der Waals surface area contributed by atoms with Gasteiger partial charge in [-0.05, 0) is 31.7 Å². The molecule has 0 bridgehead atoms. The molecule has 1 aliphatic heterocycles. The van der Waals surface area contributed by atoms with Gasteiger partial charge in [-0.3, -0.25) is 9.59 Å². The van der Waals surface area contributed by atoms with Crippen LogP contribution < -0.4 is 15.4 Å². The molecule has 2 amide bonds. The summed E-state index contributed by atoms with van der Waals surface area (Å²) in [5.41, 5.74) is 2.16. The predicted molar refractivity (Wildman–Crippen MR) is 152 cm³/mol. The number of aliphatic hydroxyl groups excluding tert-OH is 1. The van der Waals surface area contributed by atoms with Crippen molar-refractivity contribution in [1.29, 1.82) is 0 Å². The number of alkyl halides is 3. The average Bonchev–Trinajstić information content (AvgIpc) is 3.21. The molecule has 1 fully saturated rings. The number of hydrogen-bond acceptors (Lipinski definition) is 6. The van der Waals surface area contributed by atoms with Gasteiger partial charge in [-0.2, -0.15) is 13.2 Å². The third-order valence-corrected chi connectivity index (χ3v) is 7.50. The van der Waals surface area contributed by atoms with Gasteiger partial charge in [-0.1, -0.05) is 46.6 Å². The number of ether oxygens (including phenoxy) is 1. The van der Waals surface area contributed by atoms with Gasteiger partial charge in [-0.15, -0.1) is 0 Å². The number of hydrogen-bond donors (Lipinski definition) is 3. The Labute approximate surface area is 239 Å². The number of rotatable bonds is 13. The first-order chi connectivity index (χ1) is 19.4. The number of nitrogens with zero attached hydrogens (tertiary/aromatic N) is 3. The molecule has 1 unspecified atom stereocenters. The zero-order valence-electron chi connectivity index (χ0n) is 24.4. The summed E-state index contributed by atoms with van der Waals surface area (Å²) in [6.07, 6.45) is 0.861. The third-order valence-electron chi connectivity index (χ3n) is 7.50. The zero-order valence-corrected chi connectivity index (χ0v) is 24.4. The molecule has 0 aliphatic carbocycles. The predicted octanol–water partition coefficient (Wildman–Crippen LogP) is 4.78. The van der Waals surface area contributed by atoms with E-state index < -0.39 is 19.4 Å². The Morgan fingerprint density at radius 2 is 1.93 bits per heavy atom. The number of aromatic nitrogens is 2. The molecule has 228 valence electrons. The summed E-state index contributed by atoms with van der Waals surface area (Å²) in [5.74, 6) is -0.748. The van der Waals surface area contributed by atoms with Crippen molar-refractivity contribution in [1.82, 2.24) is 19.8 Å². The van der Waals surface area contributed by atoms with Crippen molar-refractivity contribution in [2.45, 2.75) is 77.9 Å². The minimum atomic E-state index is -4.57. The third kappa shape index (κ3) is 8.15. The Morgan fingerprint density at radius 1 is 1.24 bits per heavy atom. The van der Waals surface area contributed by atoms with Gasteiger partial charge < -0.3 is 29.9 Å². The molecule has 1 saturated heterocycles. The monoisotopic (exact) mass is 581 g/mol. The topological polar surface area (TPSA) is 109 Å². The van der Waals surface area contributed by atoms with E-state index in [0.29, 0.717) is 66.2 Å². The van der Waals surface area contributed by atoms with Crippen LogP contribution in [0.2, 0.25) is 0 Å². The van der Waals surface area contributed by atoms with Crippen molar-refractivity contribution in [2.75, 3.05) is 31.6 Å². The van der Waals surface area contributed by atoms with E-state index in [2.05, 4.69) is 24.1 Å². The number of nitrogens with one attached hydrogen (secondary N) is 2. The van der Waals surface area contributed by atoms with Crippen LogP contribution in [0.3, 0.4) is 0 Å². The van der Waals surface area contributed by atoms with Crippen molar-refractivity contribution in [3.8, 4) is 5.75 Å². The number of pyridine rings is 1. The van der Waals surface area contributed by atoms with E-state index in [1.807, 2.05) is 13.8 Å². The molecule has 2 aromatic rings. The van der Waals surface area contributed by atoms with Crippen LogP contribution in [0.5, 0.6) is 5.75 Å². The Morgan fingerprint density at radius 3 is 2.51 bits per heavy atom. The van der Waals surface area contributed by atoms with Crippen LogP contribution in [0.15, 0.2) is 12.6 Å². The number of piperidine rings is 1. The van der Waals surface area contributed by atoms with E-state index in [4.69, 9.17) is 14.8 Å². The van der Waals surface area contributed by atoms with Gasteiger partial charge >= 0.3 is 6.18 Å². The number of unbranched alkanes of at least 4 members (excludes halogenated alkanes) is 2. The Hall–Kier alpha value is -3.28. The SMILES string of the molecule is C=C(NC1CCN(C(=O)CO)CC1)c1c(OCC(F)(F)F)c2cc(NC(=O)C(C)CCCCC)c(CC)nc2n1C. The number of carbonyl (C=O) groups excluding carboxylic acids is 2. The van der Waals surface area contributed by atoms with Crippen LogP contribution in [0.1, 0.15) is 70.7 Å². The summed E-state index contributed by atoms with van der Waals surface area (Å²) in [6, 6.07) is 1.56. The highest BCUT2D eigenvalue weighted by Crippen LogP contribution is 2.38. The van der Waals surface area contributed by atoms with Crippen molar-refractivity contribution >= 4 is 34.2 Å². The summed E-state index contributed by atoms with van der Waals surface area (Å²) in [4.78, 5) is 31.0. The number of aliphatic hydroxyl groups is 1. The van der Waals surface area contributed by atoms with Crippen molar-refractivity contribution in [3.05, 3.63) is 24.0 Å². The van der Waals surface area contributed by atoms with E-state index >= 15 is 0 Å². The standard InChI is InChI=1S/C29H42F3N5O4/c1-6-8-9-10-18(3)28(40)35-23-15-21-26(41-17-29(30,31)32)25(36(5)27(21)34-22(23)7-2)19(4)33-20-11-13-37(14-12-20)24(39)16-38/h15,18,20,33,38H,4,6-14,16-17H2,1-3,5H3,(H,35,40). The highest BCUT2D eigenvalue weighted by molar-refractivity contribution is 5.98. The minimum Gasteiger partial charge on any atom is -0.481 e. The fourth-order valence-electron chi connectivity index (χ4n) is 5.14. The van der Waals surface area contributed by atoms with Crippen LogP contribution in [-0.4, -0.2) is 69.9 Å². The highest BCUT2D eigenvalue weighted by atomic mass is 19.4. The quantitative estimate of drug-likeness (QED) is 0.294. The molecule has 0 spiro atoms. The lowest BCUT2D eigenvalue weighted by atomic mass is 10.0. The number of likely N-dealkylation sites (tertiary alicyclic amines) is 1. The molecule has 0 radical (unpaired) electrons. The highest BCUT2D eigenvalue weighted by Gasteiger charge is 2.32. The Kier molecular flexibility index (Phi) is 11.1. The molecule has 1 aliphatic rings. The van der Waals surface area contributed by atoms with Gasteiger partial charge in [0.2, 0.25) is 11.8 Å². The molecule has 2 aromatic heterocycles. The van der Waals surface area contributed by atoms with Crippen LogP contribution in [0.25, 0.3) is 16.7 Å². The van der Waals surface area contributed by atoms with E-state index in [0.717, 1.165) is 25.7 Å². The molecule has 0 aromatic carbocycles. The van der Waals surface area contributed by atoms with Gasteiger partial charge in [0.05, 0.1) is 22.5 Å². The first-order valence-electron chi connectivity index (χ1n) is 14.3. The molecule has 12 heteroatoms. The van der Waals surface area contributed by atoms with Gasteiger partial charge in [0.15, 0.2) is 12.4 Å². The van der Waals surface area contributed by atoms with Gasteiger partial charge in [0.1, 0.15) is 17.9 Å². The number of aryl methyl sites for hydroxylation is 2. The fourth-order valence-corrected chi connectivity index (χ4v) is 5.14. The molecule has 3 heterocycles. The maximum Gasteiger partial charge on any atom is 0.422 e. The second-order valence-corrected chi connectivity index (χ2v) is 10.7. The van der Waals surface area contributed by atoms with Crippen LogP contribution in [0, 0.1) is 5.92 Å². The number of anilines is 1. The van der Waals surface area contributed by atoms with E-state index in [1.54, 1.807) is 22.6 Å². The number of amides is 2. The molecule has 3 N–H and O–H groups in total. The second-order valence-electron chi connectivity index (χ2n) is 10.7. The fraction of sp³-hybridized carbons (Fsp3) is 0.621. The zero-order chi connectivity index (χ0) is 30.3. The molecule has 3 rings (SSSR count). The van der Waals surface area contributed by atoms with Gasteiger partial charge in [0.25, 0.3) is 0 Å². The van der Waals surface area contributed by atoms with Crippen LogP contribution in [-0.2, 0) is 23.1 Å². The van der Waals surface area contributed by atoms with Crippen molar-refractivity contribution in [3.63, 3.8) is 0 Å². The Balaban J connectivity index is 1.94. The minimum absolute atomic E-state index is 0.0214. The smallest absolute Gasteiger partial charge is 0.422 e. The van der Waals surface area contributed by atoms with Crippen molar-refractivity contribution in [2.24, 2.45) is 13.0 Å². The molecule has 1 atom stereocenters. The summed E-state index contributed by atoms with van der Waals surface area (Å²) in [6.45, 7) is 8.80.